The Morgan fingerprint density at radius 2 is 1.78 bits per heavy atom. The summed E-state index contributed by atoms with van der Waals surface area (Å²) in [5, 5.41) is 3.13. The Labute approximate surface area is 158 Å². The summed E-state index contributed by atoms with van der Waals surface area (Å²) < 4.78 is 5.00. The Balaban J connectivity index is 1.57. The maximum absolute atomic E-state index is 12.7. The minimum absolute atomic E-state index is 0.163. The van der Waals surface area contributed by atoms with Gasteiger partial charge in [-0.15, -0.1) is 0 Å². The van der Waals surface area contributed by atoms with E-state index in [0.29, 0.717) is 51.0 Å². The molecule has 2 heterocycles. The van der Waals surface area contributed by atoms with Crippen LogP contribution in [0, 0.1) is 0 Å². The quantitative estimate of drug-likeness (QED) is 0.867. The molecule has 0 spiro atoms. The van der Waals surface area contributed by atoms with Crippen molar-refractivity contribution in [2.45, 2.75) is 13.5 Å². The van der Waals surface area contributed by atoms with Crippen molar-refractivity contribution >= 4 is 17.9 Å². The number of carbonyl (C=O) groups excluding carboxylic acids is 2. The number of carbonyl (C=O) groups is 2. The molecule has 0 radical (unpaired) electrons. The summed E-state index contributed by atoms with van der Waals surface area (Å²) in [4.78, 5) is 36.3. The second kappa shape index (κ2) is 8.98. The largest absolute Gasteiger partial charge is 0.450 e. The van der Waals surface area contributed by atoms with Crippen molar-refractivity contribution in [3.05, 3.63) is 53.9 Å². The molecule has 1 fully saturated rings. The van der Waals surface area contributed by atoms with Crippen LogP contribution in [0.2, 0.25) is 0 Å². The van der Waals surface area contributed by atoms with Crippen LogP contribution in [-0.2, 0) is 11.3 Å². The third kappa shape index (κ3) is 4.93. The number of benzene rings is 1. The molecule has 27 heavy (non-hydrogen) atoms. The number of hydrogen-bond acceptors (Lipinski definition) is 6. The SMILES string of the molecule is CCOC(=O)N1CCN(C(=O)c2ccnc(NCc3ccccc3)n2)CC1. The van der Waals surface area contributed by atoms with E-state index >= 15 is 0 Å². The van der Waals surface area contributed by atoms with Crippen molar-refractivity contribution in [1.82, 2.24) is 19.8 Å². The predicted molar refractivity (Wildman–Crippen MR) is 100 cm³/mol. The summed E-state index contributed by atoms with van der Waals surface area (Å²) >= 11 is 0. The van der Waals surface area contributed by atoms with E-state index < -0.39 is 0 Å². The fraction of sp³-hybridized carbons (Fsp3) is 0.368. The third-order valence-corrected chi connectivity index (χ3v) is 4.26. The Hall–Kier alpha value is -3.16. The van der Waals surface area contributed by atoms with Crippen molar-refractivity contribution in [2.75, 3.05) is 38.1 Å². The summed E-state index contributed by atoms with van der Waals surface area (Å²) in [7, 11) is 0. The zero-order chi connectivity index (χ0) is 19.1. The predicted octanol–water partition coefficient (Wildman–Crippen LogP) is 2.00. The van der Waals surface area contributed by atoms with Crippen LogP contribution in [0.1, 0.15) is 23.0 Å². The van der Waals surface area contributed by atoms with Gasteiger partial charge in [-0.1, -0.05) is 30.3 Å². The van der Waals surface area contributed by atoms with Gasteiger partial charge in [0.25, 0.3) is 5.91 Å². The number of anilines is 1. The van der Waals surface area contributed by atoms with Gasteiger partial charge in [-0.3, -0.25) is 4.79 Å². The van der Waals surface area contributed by atoms with E-state index in [1.54, 1.807) is 29.0 Å². The van der Waals surface area contributed by atoms with Crippen LogP contribution in [0.15, 0.2) is 42.6 Å². The highest BCUT2D eigenvalue weighted by Crippen LogP contribution is 2.10. The molecular formula is C19H23N5O3. The van der Waals surface area contributed by atoms with E-state index in [2.05, 4.69) is 15.3 Å². The number of amides is 2. The highest BCUT2D eigenvalue weighted by Gasteiger charge is 2.26. The average molecular weight is 369 g/mol. The summed E-state index contributed by atoms with van der Waals surface area (Å²) in [6.45, 7) is 4.51. The normalized spacial score (nSPS) is 14.0. The first kappa shape index (κ1) is 18.6. The summed E-state index contributed by atoms with van der Waals surface area (Å²) in [6.07, 6.45) is 1.24. The molecule has 1 N–H and O–H groups in total. The number of hydrogen-bond donors (Lipinski definition) is 1. The van der Waals surface area contributed by atoms with Gasteiger partial charge in [0.15, 0.2) is 0 Å². The summed E-state index contributed by atoms with van der Waals surface area (Å²) in [6, 6.07) is 11.5. The Bertz CT molecular complexity index is 776. The Kier molecular flexibility index (Phi) is 6.19. The first-order valence-corrected chi connectivity index (χ1v) is 8.99. The number of nitrogens with zero attached hydrogens (tertiary/aromatic N) is 4. The lowest BCUT2D eigenvalue weighted by Gasteiger charge is -2.33. The van der Waals surface area contributed by atoms with E-state index in [0.717, 1.165) is 5.56 Å². The molecule has 1 aromatic carbocycles. The highest BCUT2D eigenvalue weighted by atomic mass is 16.6. The van der Waals surface area contributed by atoms with Crippen molar-refractivity contribution in [3.63, 3.8) is 0 Å². The van der Waals surface area contributed by atoms with Gasteiger partial charge in [0, 0.05) is 38.9 Å². The zero-order valence-electron chi connectivity index (χ0n) is 15.3. The van der Waals surface area contributed by atoms with Crippen molar-refractivity contribution in [1.29, 1.82) is 0 Å². The topological polar surface area (TPSA) is 87.7 Å². The molecule has 8 nitrogen and oxygen atoms in total. The van der Waals surface area contributed by atoms with Gasteiger partial charge < -0.3 is 19.9 Å². The lowest BCUT2D eigenvalue weighted by Crippen LogP contribution is -2.50. The van der Waals surface area contributed by atoms with Gasteiger partial charge in [-0.05, 0) is 18.6 Å². The van der Waals surface area contributed by atoms with Gasteiger partial charge in [0.2, 0.25) is 5.95 Å². The summed E-state index contributed by atoms with van der Waals surface area (Å²) in [5.74, 6) is 0.249. The van der Waals surface area contributed by atoms with Gasteiger partial charge in [-0.25, -0.2) is 14.8 Å². The molecule has 0 unspecified atom stereocenters. The minimum atomic E-state index is -0.334. The molecule has 1 aromatic heterocycles. The van der Waals surface area contributed by atoms with Crippen LogP contribution in [0.3, 0.4) is 0 Å². The molecule has 2 amide bonds. The molecular weight excluding hydrogens is 346 g/mol. The second-order valence-corrected chi connectivity index (χ2v) is 6.08. The first-order valence-electron chi connectivity index (χ1n) is 8.99. The number of aromatic nitrogens is 2. The lowest BCUT2D eigenvalue weighted by atomic mass is 10.2. The molecule has 0 saturated carbocycles. The van der Waals surface area contributed by atoms with Crippen LogP contribution in [0.5, 0.6) is 0 Å². The number of ether oxygens (including phenoxy) is 1. The van der Waals surface area contributed by atoms with Crippen molar-refractivity contribution in [3.8, 4) is 0 Å². The molecule has 0 bridgehead atoms. The van der Waals surface area contributed by atoms with Crippen LogP contribution >= 0.6 is 0 Å². The van der Waals surface area contributed by atoms with Gasteiger partial charge in [0.05, 0.1) is 6.61 Å². The smallest absolute Gasteiger partial charge is 0.409 e. The Morgan fingerprint density at radius 3 is 2.48 bits per heavy atom. The maximum Gasteiger partial charge on any atom is 0.409 e. The van der Waals surface area contributed by atoms with E-state index in [1.807, 2.05) is 30.3 Å². The Morgan fingerprint density at radius 1 is 1.07 bits per heavy atom. The number of rotatable bonds is 5. The highest BCUT2D eigenvalue weighted by molar-refractivity contribution is 5.92. The van der Waals surface area contributed by atoms with Gasteiger partial charge >= 0.3 is 6.09 Å². The van der Waals surface area contributed by atoms with E-state index in [9.17, 15) is 9.59 Å². The zero-order valence-corrected chi connectivity index (χ0v) is 15.3. The fourth-order valence-electron chi connectivity index (χ4n) is 2.81. The van der Waals surface area contributed by atoms with Gasteiger partial charge in [-0.2, -0.15) is 0 Å². The third-order valence-electron chi connectivity index (χ3n) is 4.26. The van der Waals surface area contributed by atoms with E-state index in [-0.39, 0.29) is 12.0 Å². The molecule has 0 aliphatic carbocycles. The number of piperazine rings is 1. The second-order valence-electron chi connectivity index (χ2n) is 6.08. The number of nitrogens with one attached hydrogen (secondary N) is 1. The molecule has 1 aliphatic heterocycles. The monoisotopic (exact) mass is 369 g/mol. The van der Waals surface area contributed by atoms with Crippen LogP contribution in [-0.4, -0.2) is 64.6 Å². The molecule has 8 heteroatoms. The molecule has 0 atom stereocenters. The van der Waals surface area contributed by atoms with Crippen molar-refractivity contribution in [2.24, 2.45) is 0 Å². The molecule has 2 aromatic rings. The first-order chi connectivity index (χ1) is 13.2. The van der Waals surface area contributed by atoms with Crippen molar-refractivity contribution < 1.29 is 14.3 Å². The molecule has 3 rings (SSSR count). The van der Waals surface area contributed by atoms with E-state index in [1.165, 1.54) is 0 Å². The maximum atomic E-state index is 12.7. The molecule has 142 valence electrons. The molecule has 1 aliphatic rings. The van der Waals surface area contributed by atoms with E-state index in [4.69, 9.17) is 4.74 Å². The standard InChI is InChI=1S/C19H23N5O3/c1-2-27-19(26)24-12-10-23(11-13-24)17(25)16-8-9-20-18(22-16)21-14-15-6-4-3-5-7-15/h3-9H,2,10-14H2,1H3,(H,20,21,22). The minimum Gasteiger partial charge on any atom is -0.450 e. The van der Waals surface area contributed by atoms with Crippen LogP contribution in [0.25, 0.3) is 0 Å². The summed E-state index contributed by atoms with van der Waals surface area (Å²) in [5.41, 5.74) is 1.44. The fourth-order valence-corrected chi connectivity index (χ4v) is 2.81. The molecule has 1 saturated heterocycles. The van der Waals surface area contributed by atoms with Crippen LogP contribution < -0.4 is 5.32 Å². The van der Waals surface area contributed by atoms with Gasteiger partial charge in [0.1, 0.15) is 5.69 Å². The lowest BCUT2D eigenvalue weighted by molar-refractivity contribution is 0.0566. The van der Waals surface area contributed by atoms with Crippen LogP contribution in [0.4, 0.5) is 10.7 Å². The average Bonchev–Trinajstić information content (AvgIpc) is 2.73.